The minimum atomic E-state index is -3.69. The minimum Gasteiger partial charge on any atom is -0.339 e. The number of rotatable bonds is 4. The van der Waals surface area contributed by atoms with Crippen molar-refractivity contribution in [2.24, 2.45) is 0 Å². The van der Waals surface area contributed by atoms with Crippen molar-refractivity contribution in [1.82, 2.24) is 14.4 Å². The summed E-state index contributed by atoms with van der Waals surface area (Å²) in [5.41, 5.74) is 0.788. The van der Waals surface area contributed by atoms with E-state index in [1.807, 2.05) is 12.1 Å². The Bertz CT molecular complexity index is 1080. The van der Waals surface area contributed by atoms with Crippen molar-refractivity contribution in [3.05, 3.63) is 64.5 Å². The van der Waals surface area contributed by atoms with E-state index in [-0.39, 0.29) is 22.4 Å². The summed E-state index contributed by atoms with van der Waals surface area (Å²) in [6.07, 6.45) is 1.48. The number of hydrogen-bond acceptors (Lipinski definition) is 5. The van der Waals surface area contributed by atoms with Crippen molar-refractivity contribution in [2.45, 2.75) is 23.7 Å². The number of hydrogen-bond donors (Lipinski definition) is 0. The fourth-order valence-electron chi connectivity index (χ4n) is 3.27. The van der Waals surface area contributed by atoms with Gasteiger partial charge in [0.15, 0.2) is 0 Å². The van der Waals surface area contributed by atoms with Gasteiger partial charge in [-0.15, -0.1) is 0 Å². The number of nitrogens with zero attached hydrogens (tertiary/aromatic N) is 3. The second-order valence-electron chi connectivity index (χ2n) is 6.60. The third-order valence-corrected chi connectivity index (χ3v) is 7.35. The standard InChI is InChI=1S/C19H17Cl2N3O3S/c20-15-9-7-13(8-10-15)18-22-19(27-23-18)14-4-3-11-24(12-14)28(25,26)17-6-2-1-5-16(17)21/h1-2,5-10,14H,3-4,11-12H2. The van der Waals surface area contributed by atoms with Crippen LogP contribution in [0.4, 0.5) is 0 Å². The summed E-state index contributed by atoms with van der Waals surface area (Å²) in [5, 5.41) is 4.87. The van der Waals surface area contributed by atoms with Crippen LogP contribution in [0.5, 0.6) is 0 Å². The van der Waals surface area contributed by atoms with Crippen LogP contribution < -0.4 is 0 Å². The van der Waals surface area contributed by atoms with Crippen LogP contribution in [-0.2, 0) is 10.0 Å². The molecule has 4 rings (SSSR count). The van der Waals surface area contributed by atoms with Crippen LogP contribution in [0, 0.1) is 0 Å². The van der Waals surface area contributed by atoms with Gasteiger partial charge in [-0.2, -0.15) is 9.29 Å². The van der Waals surface area contributed by atoms with E-state index in [0.29, 0.717) is 29.7 Å². The zero-order chi connectivity index (χ0) is 19.7. The predicted octanol–water partition coefficient (Wildman–Crippen LogP) is 4.61. The first-order chi connectivity index (χ1) is 13.4. The summed E-state index contributed by atoms with van der Waals surface area (Å²) >= 11 is 12.0. The number of sulfonamides is 1. The molecule has 0 saturated carbocycles. The Morgan fingerprint density at radius 1 is 1.07 bits per heavy atom. The third-order valence-electron chi connectivity index (χ3n) is 4.73. The van der Waals surface area contributed by atoms with E-state index in [9.17, 15) is 8.42 Å². The Morgan fingerprint density at radius 3 is 2.57 bits per heavy atom. The van der Waals surface area contributed by atoms with Gasteiger partial charge in [-0.05, 0) is 49.2 Å². The first-order valence-electron chi connectivity index (χ1n) is 8.79. The smallest absolute Gasteiger partial charge is 0.244 e. The summed E-state index contributed by atoms with van der Waals surface area (Å²) in [4.78, 5) is 4.59. The normalized spacial score (nSPS) is 18.3. The van der Waals surface area contributed by atoms with E-state index in [1.165, 1.54) is 10.4 Å². The van der Waals surface area contributed by atoms with Crippen LogP contribution >= 0.6 is 23.2 Å². The number of aromatic nitrogens is 2. The lowest BCUT2D eigenvalue weighted by Crippen LogP contribution is -2.39. The molecule has 1 unspecified atom stereocenters. The highest BCUT2D eigenvalue weighted by atomic mass is 35.5. The van der Waals surface area contributed by atoms with Crippen molar-refractivity contribution < 1.29 is 12.9 Å². The van der Waals surface area contributed by atoms with Crippen molar-refractivity contribution in [2.75, 3.05) is 13.1 Å². The largest absolute Gasteiger partial charge is 0.339 e. The van der Waals surface area contributed by atoms with E-state index < -0.39 is 10.0 Å². The second kappa shape index (κ2) is 7.83. The van der Waals surface area contributed by atoms with Crippen molar-refractivity contribution in [3.63, 3.8) is 0 Å². The fourth-order valence-corrected chi connectivity index (χ4v) is 5.42. The first-order valence-corrected chi connectivity index (χ1v) is 11.0. The molecule has 1 atom stereocenters. The quantitative estimate of drug-likeness (QED) is 0.595. The Morgan fingerprint density at radius 2 is 1.82 bits per heavy atom. The number of piperidine rings is 1. The lowest BCUT2D eigenvalue weighted by molar-refractivity contribution is 0.265. The monoisotopic (exact) mass is 437 g/mol. The lowest BCUT2D eigenvalue weighted by atomic mass is 10.00. The van der Waals surface area contributed by atoms with Crippen LogP contribution in [-0.4, -0.2) is 36.0 Å². The van der Waals surface area contributed by atoms with Crippen LogP contribution in [0.3, 0.4) is 0 Å². The van der Waals surface area contributed by atoms with Gasteiger partial charge in [0.05, 0.1) is 10.9 Å². The van der Waals surface area contributed by atoms with E-state index >= 15 is 0 Å². The average Bonchev–Trinajstić information content (AvgIpc) is 3.19. The summed E-state index contributed by atoms with van der Waals surface area (Å²) in [5.74, 6) is 0.723. The molecule has 0 aliphatic carbocycles. The van der Waals surface area contributed by atoms with Gasteiger partial charge in [0, 0.05) is 23.7 Å². The van der Waals surface area contributed by atoms with Gasteiger partial charge in [0.25, 0.3) is 0 Å². The van der Waals surface area contributed by atoms with Crippen LogP contribution in [0.25, 0.3) is 11.4 Å². The zero-order valence-electron chi connectivity index (χ0n) is 14.8. The van der Waals surface area contributed by atoms with Gasteiger partial charge >= 0.3 is 0 Å². The Kier molecular flexibility index (Phi) is 5.42. The molecular weight excluding hydrogens is 421 g/mol. The van der Waals surface area contributed by atoms with Gasteiger partial charge in [0.1, 0.15) is 4.90 Å². The van der Waals surface area contributed by atoms with Crippen molar-refractivity contribution in [1.29, 1.82) is 0 Å². The average molecular weight is 438 g/mol. The molecule has 0 spiro atoms. The molecule has 1 saturated heterocycles. The van der Waals surface area contributed by atoms with Crippen LogP contribution in [0.1, 0.15) is 24.7 Å². The molecule has 0 amide bonds. The van der Waals surface area contributed by atoms with E-state index in [2.05, 4.69) is 10.1 Å². The van der Waals surface area contributed by atoms with Gasteiger partial charge in [-0.25, -0.2) is 8.42 Å². The van der Waals surface area contributed by atoms with Crippen LogP contribution in [0.15, 0.2) is 57.9 Å². The number of halogens is 2. The van der Waals surface area contributed by atoms with Crippen molar-refractivity contribution in [3.8, 4) is 11.4 Å². The number of benzene rings is 2. The zero-order valence-corrected chi connectivity index (χ0v) is 17.1. The molecule has 146 valence electrons. The first kappa shape index (κ1) is 19.4. The topological polar surface area (TPSA) is 76.3 Å². The molecule has 6 nitrogen and oxygen atoms in total. The summed E-state index contributed by atoms with van der Waals surface area (Å²) in [7, 11) is -3.69. The Balaban J connectivity index is 1.56. The van der Waals surface area contributed by atoms with E-state index in [4.69, 9.17) is 27.7 Å². The van der Waals surface area contributed by atoms with Gasteiger partial charge in [0.2, 0.25) is 21.7 Å². The maximum absolute atomic E-state index is 13.0. The molecule has 1 aromatic heterocycles. The molecule has 3 aromatic rings. The molecule has 2 aromatic carbocycles. The second-order valence-corrected chi connectivity index (χ2v) is 9.35. The summed E-state index contributed by atoms with van der Waals surface area (Å²) in [6.45, 7) is 0.706. The van der Waals surface area contributed by atoms with Gasteiger partial charge in [-0.3, -0.25) is 0 Å². The molecule has 2 heterocycles. The van der Waals surface area contributed by atoms with Crippen molar-refractivity contribution >= 4 is 33.2 Å². The highest BCUT2D eigenvalue weighted by molar-refractivity contribution is 7.89. The molecule has 1 aliphatic heterocycles. The maximum Gasteiger partial charge on any atom is 0.244 e. The fraction of sp³-hybridized carbons (Fsp3) is 0.263. The summed E-state index contributed by atoms with van der Waals surface area (Å²) < 4.78 is 32.9. The molecule has 9 heteroatoms. The Hall–Kier alpha value is -1.93. The molecule has 1 aliphatic rings. The molecule has 0 N–H and O–H groups in total. The molecule has 1 fully saturated rings. The molecular formula is C19H17Cl2N3O3S. The molecule has 0 radical (unpaired) electrons. The van der Waals surface area contributed by atoms with Gasteiger partial charge < -0.3 is 4.52 Å². The van der Waals surface area contributed by atoms with Gasteiger partial charge in [-0.1, -0.05) is 40.5 Å². The summed E-state index contributed by atoms with van der Waals surface area (Å²) in [6, 6.07) is 13.6. The Labute approximate surface area is 173 Å². The van der Waals surface area contributed by atoms with E-state index in [1.54, 1.807) is 30.3 Å². The third kappa shape index (κ3) is 3.80. The highest BCUT2D eigenvalue weighted by Gasteiger charge is 2.34. The van der Waals surface area contributed by atoms with E-state index in [0.717, 1.165) is 12.0 Å². The molecule has 28 heavy (non-hydrogen) atoms. The SMILES string of the molecule is O=S(=O)(c1ccccc1Cl)N1CCCC(c2nc(-c3ccc(Cl)cc3)no2)C1. The highest BCUT2D eigenvalue weighted by Crippen LogP contribution is 2.32. The maximum atomic E-state index is 13.0. The lowest BCUT2D eigenvalue weighted by Gasteiger charge is -2.30. The van der Waals surface area contributed by atoms with Crippen LogP contribution in [0.2, 0.25) is 10.0 Å². The predicted molar refractivity (Wildman–Crippen MR) is 107 cm³/mol. The molecule has 0 bridgehead atoms. The minimum absolute atomic E-state index is 0.115.